The number of carboxylic acid groups (broad SMARTS) is 1. The second kappa shape index (κ2) is 4.63. The van der Waals surface area contributed by atoms with Crippen molar-refractivity contribution in [3.05, 3.63) is 34.9 Å². The third-order valence-electron chi connectivity index (χ3n) is 4.02. The van der Waals surface area contributed by atoms with Gasteiger partial charge in [-0.15, -0.1) is 0 Å². The molecule has 4 nitrogen and oxygen atoms in total. The molecule has 1 atom stereocenters. The average Bonchev–Trinajstić information content (AvgIpc) is 2.73. The molecular weight excluding hydrogens is 254 g/mol. The third-order valence-corrected chi connectivity index (χ3v) is 4.02. The minimum absolute atomic E-state index is 0.0820. The minimum atomic E-state index is -0.783. The molecule has 1 saturated heterocycles. The maximum Gasteiger partial charge on any atom is 0.317 e. The molecule has 1 N–H and O–H groups in total. The molecule has 1 fully saturated rings. The van der Waals surface area contributed by atoms with E-state index < -0.39 is 5.97 Å². The molecule has 1 aromatic carbocycles. The number of carboxylic acids is 1. The largest absolute Gasteiger partial charge is 0.481 e. The smallest absolute Gasteiger partial charge is 0.317 e. The van der Waals surface area contributed by atoms with Crippen LogP contribution in [0.2, 0.25) is 0 Å². The maximum atomic E-state index is 10.8. The van der Waals surface area contributed by atoms with Gasteiger partial charge in [0, 0.05) is 25.1 Å². The van der Waals surface area contributed by atoms with Crippen LogP contribution in [-0.4, -0.2) is 41.2 Å². The van der Waals surface area contributed by atoms with Gasteiger partial charge in [-0.3, -0.25) is 9.69 Å². The van der Waals surface area contributed by atoms with Gasteiger partial charge in [0.25, 0.3) is 0 Å². The van der Waals surface area contributed by atoms with Crippen molar-refractivity contribution in [2.24, 2.45) is 0 Å². The molecule has 106 valence electrons. The molecule has 1 spiro atoms. The number of hydrogen-bond donors (Lipinski definition) is 1. The van der Waals surface area contributed by atoms with Crippen molar-refractivity contribution in [1.29, 1.82) is 0 Å². The van der Waals surface area contributed by atoms with Crippen molar-refractivity contribution >= 4 is 12.0 Å². The molecule has 3 rings (SSSR count). The van der Waals surface area contributed by atoms with Crippen molar-refractivity contribution in [3.8, 4) is 5.75 Å². The Bertz CT molecular complexity index is 594. The lowest BCUT2D eigenvalue weighted by molar-refractivity contribution is -0.138. The lowest BCUT2D eigenvalue weighted by Crippen LogP contribution is -2.40. The van der Waals surface area contributed by atoms with E-state index in [0.717, 1.165) is 29.8 Å². The highest BCUT2D eigenvalue weighted by Crippen LogP contribution is 2.38. The molecule has 1 unspecified atom stereocenters. The summed E-state index contributed by atoms with van der Waals surface area (Å²) in [5.74, 6) is 0.157. The van der Waals surface area contributed by atoms with Crippen LogP contribution in [0.15, 0.2) is 18.2 Å². The monoisotopic (exact) mass is 273 g/mol. The van der Waals surface area contributed by atoms with Crippen LogP contribution in [0.4, 0.5) is 0 Å². The Morgan fingerprint density at radius 2 is 2.25 bits per heavy atom. The van der Waals surface area contributed by atoms with Crippen LogP contribution in [0.3, 0.4) is 0 Å². The first kappa shape index (κ1) is 13.2. The SMILES string of the molecule is Cc1cc(C)c2c(c1)C=CC1(CCN(CC(=O)O)C1)O2. The quantitative estimate of drug-likeness (QED) is 0.898. The summed E-state index contributed by atoms with van der Waals surface area (Å²) in [5, 5.41) is 8.89. The predicted octanol–water partition coefficient (Wildman–Crippen LogP) is 2.24. The van der Waals surface area contributed by atoms with Gasteiger partial charge in [0.2, 0.25) is 0 Å². The van der Waals surface area contributed by atoms with Gasteiger partial charge in [0.05, 0.1) is 6.54 Å². The van der Waals surface area contributed by atoms with Crippen LogP contribution in [0.25, 0.3) is 6.08 Å². The molecule has 2 aliphatic heterocycles. The Kier molecular flexibility index (Phi) is 3.05. The van der Waals surface area contributed by atoms with E-state index in [0.29, 0.717) is 6.54 Å². The van der Waals surface area contributed by atoms with Crippen LogP contribution < -0.4 is 4.74 Å². The molecule has 0 bridgehead atoms. The minimum Gasteiger partial charge on any atom is -0.481 e. The zero-order chi connectivity index (χ0) is 14.3. The van der Waals surface area contributed by atoms with Crippen molar-refractivity contribution in [2.45, 2.75) is 25.9 Å². The fourth-order valence-corrected chi connectivity index (χ4v) is 3.16. The summed E-state index contributed by atoms with van der Waals surface area (Å²) < 4.78 is 6.26. The fourth-order valence-electron chi connectivity index (χ4n) is 3.16. The standard InChI is InChI=1S/C16H19NO3/c1-11-7-12(2)15-13(8-11)3-4-16(20-15)5-6-17(10-16)9-14(18)19/h3-4,7-8H,5-6,9-10H2,1-2H3,(H,18,19). The molecule has 0 radical (unpaired) electrons. The Morgan fingerprint density at radius 3 is 3.00 bits per heavy atom. The Labute approximate surface area is 118 Å². The zero-order valence-corrected chi connectivity index (χ0v) is 11.8. The van der Waals surface area contributed by atoms with Gasteiger partial charge >= 0.3 is 5.97 Å². The van der Waals surface area contributed by atoms with Gasteiger partial charge in [0.1, 0.15) is 11.4 Å². The fraction of sp³-hybridized carbons (Fsp3) is 0.438. The van der Waals surface area contributed by atoms with Crippen molar-refractivity contribution in [2.75, 3.05) is 19.6 Å². The Balaban J connectivity index is 1.85. The second-order valence-corrected chi connectivity index (χ2v) is 5.85. The molecular formula is C16H19NO3. The van der Waals surface area contributed by atoms with Crippen LogP contribution in [0, 0.1) is 13.8 Å². The number of aliphatic carboxylic acids is 1. The highest BCUT2D eigenvalue weighted by molar-refractivity contribution is 5.69. The summed E-state index contributed by atoms with van der Waals surface area (Å²) in [6.45, 7) is 5.62. The van der Waals surface area contributed by atoms with E-state index in [-0.39, 0.29) is 12.1 Å². The van der Waals surface area contributed by atoms with Crippen LogP contribution in [0.1, 0.15) is 23.1 Å². The van der Waals surface area contributed by atoms with E-state index >= 15 is 0 Å². The summed E-state index contributed by atoms with van der Waals surface area (Å²) in [7, 11) is 0. The van der Waals surface area contributed by atoms with Gasteiger partial charge in [-0.05, 0) is 31.6 Å². The third kappa shape index (κ3) is 2.31. The van der Waals surface area contributed by atoms with E-state index in [1.807, 2.05) is 4.90 Å². The molecule has 2 aliphatic rings. The summed E-state index contributed by atoms with van der Waals surface area (Å²) in [6, 6.07) is 4.24. The van der Waals surface area contributed by atoms with E-state index in [9.17, 15) is 4.79 Å². The number of benzene rings is 1. The summed E-state index contributed by atoms with van der Waals surface area (Å²) >= 11 is 0. The lowest BCUT2D eigenvalue weighted by atomic mass is 9.95. The molecule has 20 heavy (non-hydrogen) atoms. The van der Waals surface area contributed by atoms with Gasteiger partial charge in [-0.1, -0.05) is 17.7 Å². The number of likely N-dealkylation sites (tertiary alicyclic amines) is 1. The normalized spacial score (nSPS) is 24.7. The average molecular weight is 273 g/mol. The van der Waals surface area contributed by atoms with E-state index in [1.54, 1.807) is 0 Å². The van der Waals surface area contributed by atoms with E-state index in [1.165, 1.54) is 5.56 Å². The maximum absolute atomic E-state index is 10.8. The molecule has 2 heterocycles. The summed E-state index contributed by atoms with van der Waals surface area (Å²) in [4.78, 5) is 12.7. The number of ether oxygens (including phenoxy) is 1. The van der Waals surface area contributed by atoms with Crippen molar-refractivity contribution < 1.29 is 14.6 Å². The summed E-state index contributed by atoms with van der Waals surface area (Å²) in [5.41, 5.74) is 3.12. The topological polar surface area (TPSA) is 49.8 Å². The highest BCUT2D eigenvalue weighted by atomic mass is 16.5. The predicted molar refractivity (Wildman–Crippen MR) is 77.0 cm³/mol. The first-order chi connectivity index (χ1) is 9.47. The highest BCUT2D eigenvalue weighted by Gasteiger charge is 2.40. The number of hydrogen-bond acceptors (Lipinski definition) is 3. The number of fused-ring (bicyclic) bond motifs is 1. The number of aryl methyl sites for hydroxylation is 2. The lowest BCUT2D eigenvalue weighted by Gasteiger charge is -2.32. The number of carbonyl (C=O) groups is 1. The summed E-state index contributed by atoms with van der Waals surface area (Å²) in [6.07, 6.45) is 5.04. The number of rotatable bonds is 2. The molecule has 0 aromatic heterocycles. The Hall–Kier alpha value is -1.81. The molecule has 0 saturated carbocycles. The van der Waals surface area contributed by atoms with E-state index in [2.05, 4.69) is 38.1 Å². The van der Waals surface area contributed by atoms with Crippen LogP contribution in [-0.2, 0) is 4.79 Å². The molecule has 0 aliphatic carbocycles. The first-order valence-electron chi connectivity index (χ1n) is 6.91. The number of nitrogens with zero attached hydrogens (tertiary/aromatic N) is 1. The van der Waals surface area contributed by atoms with Crippen LogP contribution in [0.5, 0.6) is 5.75 Å². The second-order valence-electron chi connectivity index (χ2n) is 5.85. The first-order valence-corrected chi connectivity index (χ1v) is 6.91. The van der Waals surface area contributed by atoms with Gasteiger partial charge in [0.15, 0.2) is 0 Å². The van der Waals surface area contributed by atoms with Crippen molar-refractivity contribution in [3.63, 3.8) is 0 Å². The molecule has 1 aromatic rings. The van der Waals surface area contributed by atoms with Crippen molar-refractivity contribution in [1.82, 2.24) is 4.90 Å². The molecule has 4 heteroatoms. The van der Waals surface area contributed by atoms with Gasteiger partial charge in [-0.25, -0.2) is 0 Å². The van der Waals surface area contributed by atoms with Gasteiger partial charge < -0.3 is 9.84 Å². The Morgan fingerprint density at radius 1 is 1.45 bits per heavy atom. The zero-order valence-electron chi connectivity index (χ0n) is 11.8. The molecule has 0 amide bonds. The van der Waals surface area contributed by atoms with E-state index in [4.69, 9.17) is 9.84 Å². The van der Waals surface area contributed by atoms with Gasteiger partial charge in [-0.2, -0.15) is 0 Å². The van der Waals surface area contributed by atoms with Crippen LogP contribution >= 0.6 is 0 Å².